The van der Waals surface area contributed by atoms with E-state index in [9.17, 15) is 0 Å². The molecule has 1 aliphatic heterocycles. The zero-order valence-corrected chi connectivity index (χ0v) is 19.0. The molecule has 1 saturated carbocycles. The van der Waals surface area contributed by atoms with Crippen molar-refractivity contribution in [1.82, 2.24) is 10.2 Å². The Hall–Kier alpha value is -0.860. The number of ether oxygens (including phenoxy) is 2. The third-order valence-electron chi connectivity index (χ3n) is 5.62. The summed E-state index contributed by atoms with van der Waals surface area (Å²) in [5.74, 6) is 1.03. The van der Waals surface area contributed by atoms with Gasteiger partial charge < -0.3 is 19.7 Å². The number of aliphatic imine (C=N–C) groups is 1. The van der Waals surface area contributed by atoms with Gasteiger partial charge in [-0.3, -0.25) is 4.99 Å². The summed E-state index contributed by atoms with van der Waals surface area (Å²) in [5, 5.41) is 3.63. The SMILES string of the molecule is CN=C(NCC1(c2ccccc2)CC1)N1CCC(OCCCOC)CC1.I. The van der Waals surface area contributed by atoms with E-state index in [-0.39, 0.29) is 24.0 Å². The van der Waals surface area contributed by atoms with Crippen LogP contribution in [0.5, 0.6) is 0 Å². The molecule has 152 valence electrons. The van der Waals surface area contributed by atoms with E-state index in [1.807, 2.05) is 7.05 Å². The molecule has 0 atom stereocenters. The number of guanidine groups is 1. The lowest BCUT2D eigenvalue weighted by molar-refractivity contribution is 0.00989. The molecule has 2 fully saturated rings. The van der Waals surface area contributed by atoms with Crippen molar-refractivity contribution in [3.8, 4) is 0 Å². The Bertz CT molecular complexity index is 570. The minimum atomic E-state index is 0. The van der Waals surface area contributed by atoms with Crippen LogP contribution in [-0.2, 0) is 14.9 Å². The van der Waals surface area contributed by atoms with Crippen LogP contribution < -0.4 is 5.32 Å². The Labute approximate surface area is 180 Å². The molecule has 1 aromatic rings. The van der Waals surface area contributed by atoms with E-state index in [4.69, 9.17) is 9.47 Å². The molecular weight excluding hydrogens is 453 g/mol. The fraction of sp³-hybridized carbons (Fsp3) is 0.667. The molecule has 1 heterocycles. The van der Waals surface area contributed by atoms with Crippen LogP contribution >= 0.6 is 24.0 Å². The second kappa shape index (κ2) is 11.2. The maximum absolute atomic E-state index is 5.96. The number of nitrogens with zero attached hydrogens (tertiary/aromatic N) is 2. The summed E-state index contributed by atoms with van der Waals surface area (Å²) in [6.07, 6.45) is 6.01. The third-order valence-corrected chi connectivity index (χ3v) is 5.62. The third kappa shape index (κ3) is 6.32. The average molecular weight is 487 g/mol. The topological polar surface area (TPSA) is 46.1 Å². The van der Waals surface area contributed by atoms with E-state index in [1.54, 1.807) is 7.11 Å². The Kier molecular flexibility index (Phi) is 9.32. The van der Waals surface area contributed by atoms with Crippen molar-refractivity contribution in [3.05, 3.63) is 35.9 Å². The van der Waals surface area contributed by atoms with Crippen molar-refractivity contribution in [2.75, 3.05) is 47.0 Å². The van der Waals surface area contributed by atoms with E-state index < -0.39 is 0 Å². The second-order valence-electron chi connectivity index (χ2n) is 7.45. The highest BCUT2D eigenvalue weighted by Gasteiger charge is 2.44. The first-order valence-electron chi connectivity index (χ1n) is 9.89. The molecule has 1 aliphatic carbocycles. The van der Waals surface area contributed by atoms with Gasteiger partial charge in [-0.05, 0) is 37.7 Å². The van der Waals surface area contributed by atoms with Crippen molar-refractivity contribution in [1.29, 1.82) is 0 Å². The summed E-state index contributed by atoms with van der Waals surface area (Å²) < 4.78 is 11.0. The highest BCUT2D eigenvalue weighted by molar-refractivity contribution is 14.0. The summed E-state index contributed by atoms with van der Waals surface area (Å²) in [6, 6.07) is 10.9. The van der Waals surface area contributed by atoms with Crippen LogP contribution in [0.1, 0.15) is 37.7 Å². The van der Waals surface area contributed by atoms with Gasteiger partial charge in [-0.2, -0.15) is 0 Å². The van der Waals surface area contributed by atoms with Gasteiger partial charge in [-0.25, -0.2) is 0 Å². The fourth-order valence-electron chi connectivity index (χ4n) is 3.78. The van der Waals surface area contributed by atoms with Crippen molar-refractivity contribution in [2.45, 2.75) is 43.6 Å². The predicted octanol–water partition coefficient (Wildman–Crippen LogP) is 3.43. The van der Waals surface area contributed by atoms with Gasteiger partial charge in [0.2, 0.25) is 0 Å². The lowest BCUT2D eigenvalue weighted by Gasteiger charge is -2.34. The molecule has 0 radical (unpaired) electrons. The first kappa shape index (κ1) is 22.4. The number of hydrogen-bond acceptors (Lipinski definition) is 3. The minimum Gasteiger partial charge on any atom is -0.385 e. The Morgan fingerprint density at radius 3 is 2.48 bits per heavy atom. The maximum atomic E-state index is 5.96. The van der Waals surface area contributed by atoms with Crippen molar-refractivity contribution < 1.29 is 9.47 Å². The molecule has 5 nitrogen and oxygen atoms in total. The molecule has 0 unspecified atom stereocenters. The second-order valence-corrected chi connectivity index (χ2v) is 7.45. The summed E-state index contributed by atoms with van der Waals surface area (Å²) in [5.41, 5.74) is 1.76. The first-order valence-corrected chi connectivity index (χ1v) is 9.89. The molecule has 0 spiro atoms. The van der Waals surface area contributed by atoms with Gasteiger partial charge in [-0.15, -0.1) is 24.0 Å². The monoisotopic (exact) mass is 487 g/mol. The smallest absolute Gasteiger partial charge is 0.193 e. The van der Waals surface area contributed by atoms with Crippen LogP contribution in [0.25, 0.3) is 0 Å². The number of nitrogens with one attached hydrogen (secondary N) is 1. The number of halogens is 1. The number of piperidine rings is 1. The Morgan fingerprint density at radius 1 is 1.19 bits per heavy atom. The van der Waals surface area contributed by atoms with Gasteiger partial charge in [0.15, 0.2) is 5.96 Å². The highest BCUT2D eigenvalue weighted by Crippen LogP contribution is 2.47. The summed E-state index contributed by atoms with van der Waals surface area (Å²) in [6.45, 7) is 4.56. The zero-order chi connectivity index (χ0) is 18.2. The van der Waals surface area contributed by atoms with Crippen LogP contribution in [0.2, 0.25) is 0 Å². The molecular formula is C21H34IN3O2. The standard InChI is InChI=1S/C21H33N3O2.HI/c1-22-20(23-17-21(11-12-21)18-7-4-3-5-8-18)24-13-9-19(10-14-24)26-16-6-15-25-2;/h3-5,7-8,19H,6,9-17H2,1-2H3,(H,22,23);1H. The molecule has 2 aliphatic rings. The van der Waals surface area contributed by atoms with Crippen molar-refractivity contribution >= 4 is 29.9 Å². The van der Waals surface area contributed by atoms with E-state index in [0.717, 1.165) is 58.1 Å². The van der Waals surface area contributed by atoms with Crippen molar-refractivity contribution in [2.24, 2.45) is 4.99 Å². The molecule has 1 saturated heterocycles. The van der Waals surface area contributed by atoms with Gasteiger partial charge in [0, 0.05) is 52.4 Å². The zero-order valence-electron chi connectivity index (χ0n) is 16.7. The largest absolute Gasteiger partial charge is 0.385 e. The van der Waals surface area contributed by atoms with Crippen LogP contribution in [0.15, 0.2) is 35.3 Å². The predicted molar refractivity (Wildman–Crippen MR) is 121 cm³/mol. The molecule has 6 heteroatoms. The molecule has 0 amide bonds. The molecule has 27 heavy (non-hydrogen) atoms. The quantitative estimate of drug-likeness (QED) is 0.264. The molecule has 0 aromatic heterocycles. The summed E-state index contributed by atoms with van der Waals surface area (Å²) >= 11 is 0. The van der Waals surface area contributed by atoms with E-state index in [2.05, 4.69) is 45.5 Å². The van der Waals surface area contributed by atoms with E-state index >= 15 is 0 Å². The summed E-state index contributed by atoms with van der Waals surface area (Å²) in [7, 11) is 3.62. The molecule has 3 rings (SSSR count). The number of rotatable bonds is 8. The summed E-state index contributed by atoms with van der Waals surface area (Å²) in [4.78, 5) is 6.89. The van der Waals surface area contributed by atoms with Gasteiger partial charge in [0.1, 0.15) is 0 Å². The van der Waals surface area contributed by atoms with Gasteiger partial charge in [0.25, 0.3) is 0 Å². The number of likely N-dealkylation sites (tertiary alicyclic amines) is 1. The normalized spacial score (nSPS) is 19.5. The lowest BCUT2D eigenvalue weighted by Crippen LogP contribution is -2.48. The maximum Gasteiger partial charge on any atom is 0.193 e. The van der Waals surface area contributed by atoms with Gasteiger partial charge in [0.05, 0.1) is 6.10 Å². The Morgan fingerprint density at radius 2 is 1.89 bits per heavy atom. The van der Waals surface area contributed by atoms with E-state index in [1.165, 1.54) is 18.4 Å². The molecule has 1 N–H and O–H groups in total. The number of hydrogen-bond donors (Lipinski definition) is 1. The highest BCUT2D eigenvalue weighted by atomic mass is 127. The van der Waals surface area contributed by atoms with Gasteiger partial charge in [-0.1, -0.05) is 30.3 Å². The molecule has 0 bridgehead atoms. The van der Waals surface area contributed by atoms with E-state index in [0.29, 0.717) is 11.5 Å². The van der Waals surface area contributed by atoms with Gasteiger partial charge >= 0.3 is 0 Å². The molecule has 1 aromatic carbocycles. The lowest BCUT2D eigenvalue weighted by atomic mass is 9.96. The number of methoxy groups -OCH3 is 1. The fourth-order valence-corrected chi connectivity index (χ4v) is 3.78. The van der Waals surface area contributed by atoms with Crippen LogP contribution in [0.4, 0.5) is 0 Å². The van der Waals surface area contributed by atoms with Crippen LogP contribution in [0, 0.1) is 0 Å². The first-order chi connectivity index (χ1) is 12.8. The van der Waals surface area contributed by atoms with Crippen molar-refractivity contribution in [3.63, 3.8) is 0 Å². The Balaban J connectivity index is 0.00000261. The van der Waals surface area contributed by atoms with Crippen LogP contribution in [0.3, 0.4) is 0 Å². The average Bonchev–Trinajstić information content (AvgIpc) is 3.49. The van der Waals surface area contributed by atoms with Crippen LogP contribution in [-0.4, -0.2) is 64.0 Å². The number of benzene rings is 1. The minimum absolute atomic E-state index is 0.